The number of carbonyl (C=O) groups excluding carboxylic acids is 1. The largest absolute Gasteiger partial charge is 0.495 e. The maximum atomic E-state index is 12.9. The lowest BCUT2D eigenvalue weighted by Crippen LogP contribution is -2.37. The maximum absolute atomic E-state index is 12.9. The van der Waals surface area contributed by atoms with Crippen LogP contribution in [0.4, 0.5) is 11.6 Å². The van der Waals surface area contributed by atoms with Crippen molar-refractivity contribution in [2.45, 2.75) is 32.1 Å². The first-order valence-electron chi connectivity index (χ1n) is 11.5. The van der Waals surface area contributed by atoms with Crippen molar-refractivity contribution in [1.82, 2.24) is 15.0 Å². The van der Waals surface area contributed by atoms with Gasteiger partial charge >= 0.3 is 12.0 Å². The van der Waals surface area contributed by atoms with Crippen molar-refractivity contribution in [1.29, 1.82) is 0 Å². The van der Waals surface area contributed by atoms with Crippen molar-refractivity contribution >= 4 is 29.2 Å². The number of aliphatic hydroxyl groups excluding tert-OH is 1. The summed E-state index contributed by atoms with van der Waals surface area (Å²) < 4.78 is 16.2. The summed E-state index contributed by atoms with van der Waals surface area (Å²) in [4.78, 5) is 28.1. The van der Waals surface area contributed by atoms with Crippen LogP contribution in [0.15, 0.2) is 42.6 Å². The molecule has 1 aromatic carbocycles. The summed E-state index contributed by atoms with van der Waals surface area (Å²) in [5.74, 6) is 0.635. The van der Waals surface area contributed by atoms with Gasteiger partial charge in [-0.05, 0) is 42.7 Å². The predicted molar refractivity (Wildman–Crippen MR) is 135 cm³/mol. The van der Waals surface area contributed by atoms with Crippen LogP contribution in [0, 0.1) is 0 Å². The number of esters is 1. The molecule has 36 heavy (non-hydrogen) atoms. The number of ether oxygens (including phenoxy) is 3. The molecule has 0 spiro atoms. The van der Waals surface area contributed by atoms with E-state index in [1.54, 1.807) is 25.4 Å². The van der Waals surface area contributed by atoms with Crippen molar-refractivity contribution in [3.63, 3.8) is 0 Å². The van der Waals surface area contributed by atoms with Gasteiger partial charge in [0, 0.05) is 25.8 Å². The first-order valence-corrected chi connectivity index (χ1v) is 11.9. The first-order chi connectivity index (χ1) is 17.5. The molecular formula is C25H28ClN5O5. The van der Waals surface area contributed by atoms with Crippen molar-refractivity contribution in [3.8, 4) is 11.8 Å². The third kappa shape index (κ3) is 6.13. The molecule has 1 fully saturated rings. The van der Waals surface area contributed by atoms with Gasteiger partial charge in [-0.15, -0.1) is 0 Å². The summed E-state index contributed by atoms with van der Waals surface area (Å²) in [6.45, 7) is 1.53. The second-order valence-electron chi connectivity index (χ2n) is 8.20. The average molecular weight is 514 g/mol. The number of anilines is 2. The van der Waals surface area contributed by atoms with Crippen LogP contribution in [-0.4, -0.2) is 59.4 Å². The number of rotatable bonds is 9. The Kier molecular flexibility index (Phi) is 8.40. The normalized spacial score (nSPS) is 13.8. The minimum atomic E-state index is -0.581. The van der Waals surface area contributed by atoms with Crippen LogP contribution in [0.1, 0.15) is 34.5 Å². The van der Waals surface area contributed by atoms with E-state index >= 15 is 0 Å². The lowest BCUT2D eigenvalue weighted by atomic mass is 10.1. The molecule has 2 aromatic heterocycles. The first kappa shape index (κ1) is 25.5. The molecule has 0 bridgehead atoms. The zero-order valence-corrected chi connectivity index (χ0v) is 20.9. The van der Waals surface area contributed by atoms with E-state index in [0.717, 1.165) is 5.56 Å². The summed E-state index contributed by atoms with van der Waals surface area (Å²) in [6.07, 6.45) is 2.41. The molecule has 10 nitrogen and oxygen atoms in total. The van der Waals surface area contributed by atoms with Crippen molar-refractivity contribution in [2.24, 2.45) is 0 Å². The molecule has 1 aliphatic heterocycles. The van der Waals surface area contributed by atoms with Crippen LogP contribution in [0.5, 0.6) is 11.8 Å². The molecule has 190 valence electrons. The van der Waals surface area contributed by atoms with E-state index in [2.05, 4.69) is 20.3 Å². The summed E-state index contributed by atoms with van der Waals surface area (Å²) >= 11 is 6.27. The van der Waals surface area contributed by atoms with Gasteiger partial charge in [0.2, 0.25) is 0 Å². The van der Waals surface area contributed by atoms with Crippen LogP contribution in [0.25, 0.3) is 0 Å². The van der Waals surface area contributed by atoms with Gasteiger partial charge in [-0.2, -0.15) is 9.97 Å². The number of aromatic nitrogens is 3. The number of nitrogens with one attached hydrogen (secondary N) is 1. The number of benzene rings is 1. The topological polar surface area (TPSA) is 119 Å². The number of nitrogens with zero attached hydrogens (tertiary/aromatic N) is 4. The Morgan fingerprint density at radius 1 is 1.19 bits per heavy atom. The second-order valence-corrected chi connectivity index (χ2v) is 8.60. The molecule has 2 N–H and O–H groups in total. The van der Waals surface area contributed by atoms with Gasteiger partial charge in [0.1, 0.15) is 17.9 Å². The summed E-state index contributed by atoms with van der Waals surface area (Å²) in [7, 11) is 2.86. The Morgan fingerprint density at radius 3 is 2.67 bits per heavy atom. The summed E-state index contributed by atoms with van der Waals surface area (Å²) in [6, 6.07) is 11.0. The fraction of sp³-hybridized carbons (Fsp3) is 0.360. The van der Waals surface area contributed by atoms with Gasteiger partial charge < -0.3 is 29.5 Å². The highest BCUT2D eigenvalue weighted by atomic mass is 35.5. The lowest BCUT2D eigenvalue weighted by Gasteiger charge is -2.32. The highest BCUT2D eigenvalue weighted by Gasteiger charge is 2.28. The summed E-state index contributed by atoms with van der Waals surface area (Å²) in [5, 5.41) is 13.7. The second kappa shape index (κ2) is 11.9. The number of hydrogen-bond acceptors (Lipinski definition) is 10. The number of carbonyl (C=O) groups is 1. The van der Waals surface area contributed by atoms with Crippen LogP contribution >= 0.6 is 11.6 Å². The minimum absolute atomic E-state index is 0.0877. The van der Waals surface area contributed by atoms with Gasteiger partial charge in [0.15, 0.2) is 11.6 Å². The third-order valence-electron chi connectivity index (χ3n) is 5.77. The molecule has 3 aromatic rings. The molecule has 0 atom stereocenters. The van der Waals surface area contributed by atoms with Gasteiger partial charge in [0.05, 0.1) is 31.0 Å². The van der Waals surface area contributed by atoms with E-state index in [1.165, 1.54) is 7.11 Å². The number of aliphatic hydroxyl groups is 1. The fourth-order valence-electron chi connectivity index (χ4n) is 3.85. The van der Waals surface area contributed by atoms with E-state index in [4.69, 9.17) is 25.8 Å². The van der Waals surface area contributed by atoms with Gasteiger partial charge in [-0.1, -0.05) is 23.7 Å². The Bertz CT molecular complexity index is 1190. The zero-order valence-electron chi connectivity index (χ0n) is 20.1. The minimum Gasteiger partial charge on any atom is -0.495 e. The maximum Gasteiger partial charge on any atom is 0.345 e. The number of piperidine rings is 1. The molecule has 0 amide bonds. The van der Waals surface area contributed by atoms with Crippen LogP contribution in [-0.2, 0) is 17.9 Å². The fourth-order valence-corrected chi connectivity index (χ4v) is 4.13. The van der Waals surface area contributed by atoms with E-state index in [1.807, 2.05) is 29.2 Å². The zero-order chi connectivity index (χ0) is 25.5. The monoisotopic (exact) mass is 513 g/mol. The Labute approximate surface area is 214 Å². The van der Waals surface area contributed by atoms with Gasteiger partial charge in [0.25, 0.3) is 0 Å². The van der Waals surface area contributed by atoms with Crippen LogP contribution < -0.4 is 19.7 Å². The molecule has 0 saturated carbocycles. The van der Waals surface area contributed by atoms with E-state index in [-0.39, 0.29) is 30.1 Å². The Hall–Kier alpha value is -3.63. The van der Waals surface area contributed by atoms with E-state index in [0.29, 0.717) is 54.8 Å². The van der Waals surface area contributed by atoms with Crippen molar-refractivity contribution in [3.05, 3.63) is 64.4 Å². The molecule has 4 rings (SSSR count). The van der Waals surface area contributed by atoms with E-state index < -0.39 is 5.97 Å². The number of pyridine rings is 1. The molecule has 0 unspecified atom stereocenters. The van der Waals surface area contributed by atoms with Crippen LogP contribution in [0.2, 0.25) is 5.02 Å². The molecule has 1 aliphatic rings. The van der Waals surface area contributed by atoms with Crippen molar-refractivity contribution < 1.29 is 24.1 Å². The average Bonchev–Trinajstić information content (AvgIpc) is 2.91. The molecule has 0 radical (unpaired) electrons. The van der Waals surface area contributed by atoms with Crippen molar-refractivity contribution in [2.75, 3.05) is 37.5 Å². The molecular weight excluding hydrogens is 486 g/mol. The highest BCUT2D eigenvalue weighted by Crippen LogP contribution is 2.31. The number of methoxy groups -OCH3 is 2. The van der Waals surface area contributed by atoms with Crippen LogP contribution in [0.3, 0.4) is 0 Å². The lowest BCUT2D eigenvalue weighted by molar-refractivity contribution is 0.0601. The van der Waals surface area contributed by atoms with E-state index in [9.17, 15) is 9.90 Å². The number of halogens is 1. The molecule has 3 heterocycles. The predicted octanol–water partition coefficient (Wildman–Crippen LogP) is 3.47. The molecule has 11 heteroatoms. The quantitative estimate of drug-likeness (QED) is 0.411. The highest BCUT2D eigenvalue weighted by molar-refractivity contribution is 6.32. The molecule has 0 aliphatic carbocycles. The Balaban J connectivity index is 1.68. The van der Waals surface area contributed by atoms with Gasteiger partial charge in [-0.25, -0.2) is 4.79 Å². The molecule has 1 saturated heterocycles. The standard InChI is InChI=1S/C25H28ClN5O5/c1-34-20-7-6-16(13-19(20)26)14-28-22-21(24(33)35-2)23(31-11-8-18(32)9-12-31)30-25(29-22)36-15-17-5-3-4-10-27-17/h3-7,10,13,18,32H,8-9,11-12,14-15H2,1-2H3,(H,28,29,30). The van der Waals surface area contributed by atoms with Gasteiger partial charge in [-0.3, -0.25) is 4.98 Å². The summed E-state index contributed by atoms with van der Waals surface area (Å²) in [5.41, 5.74) is 1.76. The SMILES string of the molecule is COC(=O)c1c(NCc2ccc(OC)c(Cl)c2)nc(OCc2ccccn2)nc1N1CCC(O)CC1. The smallest absolute Gasteiger partial charge is 0.345 e. The third-order valence-corrected chi connectivity index (χ3v) is 6.07. The number of hydrogen-bond donors (Lipinski definition) is 2. The Morgan fingerprint density at radius 2 is 2.00 bits per heavy atom.